The molecular weight excluding hydrogens is 366 g/mol. The van der Waals surface area contributed by atoms with Gasteiger partial charge >= 0.3 is 0 Å². The van der Waals surface area contributed by atoms with E-state index in [0.29, 0.717) is 18.1 Å². The van der Waals surface area contributed by atoms with Gasteiger partial charge in [-0.15, -0.1) is 0 Å². The van der Waals surface area contributed by atoms with E-state index in [9.17, 15) is 0 Å². The molecule has 3 aromatic carbocycles. The number of benzene rings is 3. The van der Waals surface area contributed by atoms with E-state index in [1.165, 1.54) is 0 Å². The molecule has 0 bridgehead atoms. The molecule has 0 heterocycles. The summed E-state index contributed by atoms with van der Waals surface area (Å²) in [6.45, 7) is 2.54. The first kappa shape index (κ1) is 22.1. The van der Waals surface area contributed by atoms with E-state index in [0.717, 1.165) is 22.4 Å². The van der Waals surface area contributed by atoms with Crippen molar-refractivity contribution in [2.45, 2.75) is 20.1 Å². The summed E-state index contributed by atoms with van der Waals surface area (Å²) >= 11 is 0. The fraction of sp³-hybridized carbons (Fsp3) is 0.208. The van der Waals surface area contributed by atoms with Crippen molar-refractivity contribution in [3.05, 3.63) is 95.6 Å². The van der Waals surface area contributed by atoms with E-state index in [4.69, 9.17) is 25.1 Å². The molecule has 0 saturated heterocycles. The van der Waals surface area contributed by atoms with Crippen molar-refractivity contribution in [1.29, 1.82) is 5.41 Å². The van der Waals surface area contributed by atoms with Crippen LogP contribution in [0.25, 0.3) is 0 Å². The highest BCUT2D eigenvalue weighted by Gasteiger charge is 2.05. The van der Waals surface area contributed by atoms with Crippen molar-refractivity contribution in [3.63, 3.8) is 0 Å². The van der Waals surface area contributed by atoms with Crippen molar-refractivity contribution in [2.75, 3.05) is 13.2 Å². The summed E-state index contributed by atoms with van der Waals surface area (Å²) in [5.41, 5.74) is 3.00. The minimum absolute atomic E-state index is 0.0323. The Hall–Kier alpha value is -3.15. The fourth-order valence-corrected chi connectivity index (χ4v) is 2.49. The molecule has 0 aliphatic carbocycles. The Balaban J connectivity index is 0.000000941. The molecule has 0 aliphatic rings. The van der Waals surface area contributed by atoms with Crippen molar-refractivity contribution >= 4 is 5.71 Å². The van der Waals surface area contributed by atoms with Crippen LogP contribution in [0.2, 0.25) is 0 Å². The second-order valence-corrected chi connectivity index (χ2v) is 6.19. The van der Waals surface area contributed by atoms with Gasteiger partial charge in [0.2, 0.25) is 0 Å². The molecular formula is C24H27NO4. The van der Waals surface area contributed by atoms with E-state index in [2.05, 4.69) is 0 Å². The van der Waals surface area contributed by atoms with Gasteiger partial charge in [-0.2, -0.15) is 0 Å². The SMILES string of the molecule is CCO.N=C(COc1cccc(CO)c1)c1cccc(OCc2ccccc2)c1. The Morgan fingerprint density at radius 2 is 1.41 bits per heavy atom. The first-order valence-electron chi connectivity index (χ1n) is 9.44. The van der Waals surface area contributed by atoms with Crippen LogP contribution in [0.5, 0.6) is 11.5 Å². The minimum atomic E-state index is -0.0323. The van der Waals surface area contributed by atoms with Crippen LogP contribution in [-0.2, 0) is 13.2 Å². The number of aliphatic hydroxyl groups excluding tert-OH is 2. The van der Waals surface area contributed by atoms with Crippen LogP contribution in [0.1, 0.15) is 23.6 Å². The topological polar surface area (TPSA) is 82.8 Å². The maximum absolute atomic E-state index is 9.17. The van der Waals surface area contributed by atoms with E-state index in [1.54, 1.807) is 13.0 Å². The van der Waals surface area contributed by atoms with Gasteiger partial charge in [0.25, 0.3) is 0 Å². The van der Waals surface area contributed by atoms with Crippen LogP contribution >= 0.6 is 0 Å². The molecule has 5 heteroatoms. The highest BCUT2D eigenvalue weighted by Crippen LogP contribution is 2.17. The van der Waals surface area contributed by atoms with Gasteiger partial charge in [0.05, 0.1) is 12.3 Å². The standard InChI is InChI=1S/C22H21NO3.C2H6O/c23-22(16-26-20-10-4-8-18(12-20)14-24)19-9-5-11-21(13-19)25-15-17-6-2-1-3-7-17;1-2-3/h1-13,23-24H,14-16H2;3H,2H2,1H3. The number of rotatable bonds is 8. The zero-order valence-electron chi connectivity index (χ0n) is 16.5. The number of hydrogen-bond donors (Lipinski definition) is 3. The number of aliphatic hydroxyl groups is 2. The molecule has 0 spiro atoms. The van der Waals surface area contributed by atoms with Crippen LogP contribution in [-0.4, -0.2) is 29.1 Å². The Labute approximate surface area is 171 Å². The molecule has 0 radical (unpaired) electrons. The van der Waals surface area contributed by atoms with Gasteiger partial charge in [0.15, 0.2) is 0 Å². The first-order chi connectivity index (χ1) is 14.2. The second kappa shape index (κ2) is 12.3. The van der Waals surface area contributed by atoms with E-state index in [1.807, 2.05) is 72.8 Å². The zero-order valence-corrected chi connectivity index (χ0v) is 16.5. The Morgan fingerprint density at radius 1 is 0.793 bits per heavy atom. The third kappa shape index (κ3) is 7.78. The van der Waals surface area contributed by atoms with E-state index >= 15 is 0 Å². The highest BCUT2D eigenvalue weighted by atomic mass is 16.5. The molecule has 3 rings (SSSR count). The molecule has 3 N–H and O–H groups in total. The van der Waals surface area contributed by atoms with Gasteiger partial charge in [-0.05, 0) is 42.3 Å². The fourth-order valence-electron chi connectivity index (χ4n) is 2.49. The monoisotopic (exact) mass is 393 g/mol. The van der Waals surface area contributed by atoms with Gasteiger partial charge in [-0.25, -0.2) is 0 Å². The summed E-state index contributed by atoms with van der Waals surface area (Å²) < 4.78 is 11.5. The summed E-state index contributed by atoms with van der Waals surface area (Å²) in [5, 5.41) is 25.0. The van der Waals surface area contributed by atoms with Crippen LogP contribution in [0.3, 0.4) is 0 Å². The quantitative estimate of drug-likeness (QED) is 0.501. The molecule has 29 heavy (non-hydrogen) atoms. The van der Waals surface area contributed by atoms with E-state index < -0.39 is 0 Å². The Bertz CT molecular complexity index is 881. The molecule has 3 aromatic rings. The predicted molar refractivity (Wildman–Crippen MR) is 115 cm³/mol. The van der Waals surface area contributed by atoms with Gasteiger partial charge in [-0.1, -0.05) is 54.6 Å². The number of nitrogens with one attached hydrogen (secondary N) is 1. The first-order valence-corrected chi connectivity index (χ1v) is 9.44. The smallest absolute Gasteiger partial charge is 0.130 e. The summed E-state index contributed by atoms with van der Waals surface area (Å²) in [5.74, 6) is 1.36. The lowest BCUT2D eigenvalue weighted by Gasteiger charge is -2.11. The Morgan fingerprint density at radius 3 is 2.10 bits per heavy atom. The lowest BCUT2D eigenvalue weighted by Crippen LogP contribution is -2.12. The van der Waals surface area contributed by atoms with Crippen LogP contribution in [0.4, 0.5) is 0 Å². The van der Waals surface area contributed by atoms with E-state index in [-0.39, 0.29) is 19.8 Å². The Kier molecular flexibility index (Phi) is 9.42. The lowest BCUT2D eigenvalue weighted by molar-refractivity contribution is 0.280. The van der Waals surface area contributed by atoms with Crippen molar-refractivity contribution < 1.29 is 19.7 Å². The summed E-state index contributed by atoms with van der Waals surface area (Å²) in [6, 6.07) is 24.7. The van der Waals surface area contributed by atoms with Crippen molar-refractivity contribution in [1.82, 2.24) is 0 Å². The normalized spacial score (nSPS) is 9.90. The molecule has 5 nitrogen and oxygen atoms in total. The molecule has 0 aliphatic heterocycles. The van der Waals surface area contributed by atoms with Gasteiger partial charge in [0, 0.05) is 12.2 Å². The van der Waals surface area contributed by atoms with Crippen LogP contribution < -0.4 is 9.47 Å². The molecule has 0 atom stereocenters. The third-order valence-corrected chi connectivity index (χ3v) is 3.90. The predicted octanol–water partition coefficient (Wildman–Crippen LogP) is 4.20. The molecule has 0 saturated carbocycles. The van der Waals surface area contributed by atoms with Crippen LogP contribution in [0.15, 0.2) is 78.9 Å². The van der Waals surface area contributed by atoms with Gasteiger partial charge in [-0.3, -0.25) is 0 Å². The van der Waals surface area contributed by atoms with Gasteiger partial charge in [0.1, 0.15) is 24.7 Å². The number of ether oxygens (including phenoxy) is 2. The van der Waals surface area contributed by atoms with Gasteiger partial charge < -0.3 is 25.1 Å². The summed E-state index contributed by atoms with van der Waals surface area (Å²) in [7, 11) is 0. The van der Waals surface area contributed by atoms with Crippen molar-refractivity contribution in [2.24, 2.45) is 0 Å². The molecule has 152 valence electrons. The molecule has 0 aromatic heterocycles. The summed E-state index contributed by atoms with van der Waals surface area (Å²) in [4.78, 5) is 0. The average Bonchev–Trinajstić information content (AvgIpc) is 2.77. The number of hydrogen-bond acceptors (Lipinski definition) is 5. The third-order valence-electron chi connectivity index (χ3n) is 3.90. The largest absolute Gasteiger partial charge is 0.489 e. The minimum Gasteiger partial charge on any atom is -0.489 e. The summed E-state index contributed by atoms with van der Waals surface area (Å²) in [6.07, 6.45) is 0. The zero-order chi connectivity index (χ0) is 20.9. The molecule has 0 unspecified atom stereocenters. The van der Waals surface area contributed by atoms with Crippen molar-refractivity contribution in [3.8, 4) is 11.5 Å². The molecule has 0 amide bonds. The maximum Gasteiger partial charge on any atom is 0.130 e. The maximum atomic E-state index is 9.17. The van der Waals surface area contributed by atoms with Crippen LogP contribution in [0, 0.1) is 5.41 Å². The second-order valence-electron chi connectivity index (χ2n) is 6.19. The average molecular weight is 393 g/mol. The lowest BCUT2D eigenvalue weighted by atomic mass is 10.1. The highest BCUT2D eigenvalue weighted by molar-refractivity contribution is 5.99. The molecule has 0 fully saturated rings.